The van der Waals surface area contributed by atoms with Crippen LogP contribution < -0.4 is 5.63 Å². The fourth-order valence-electron chi connectivity index (χ4n) is 1.80. The molecule has 0 amide bonds. The van der Waals surface area contributed by atoms with Crippen molar-refractivity contribution in [1.29, 1.82) is 0 Å². The summed E-state index contributed by atoms with van der Waals surface area (Å²) < 4.78 is 10.2. The van der Waals surface area contributed by atoms with Crippen LogP contribution in [0.1, 0.15) is 25.0 Å². The van der Waals surface area contributed by atoms with Crippen molar-refractivity contribution in [3.05, 3.63) is 46.2 Å². The first-order valence-corrected chi connectivity index (χ1v) is 5.44. The molecular formula is C13H14O3. The number of furan rings is 1. The normalized spacial score (nSPS) is 10.6. The number of hydrogen-bond donors (Lipinski definition) is 0. The summed E-state index contributed by atoms with van der Waals surface area (Å²) in [5.41, 5.74) is 2.39. The van der Waals surface area contributed by atoms with Crippen molar-refractivity contribution in [3.8, 4) is 11.3 Å². The molecule has 0 aliphatic heterocycles. The third-order valence-electron chi connectivity index (χ3n) is 2.68. The molecule has 0 aliphatic carbocycles. The highest BCUT2D eigenvalue weighted by molar-refractivity contribution is 5.56. The van der Waals surface area contributed by atoms with Gasteiger partial charge in [0.1, 0.15) is 12.0 Å². The first kappa shape index (κ1) is 10.7. The van der Waals surface area contributed by atoms with Gasteiger partial charge in [-0.2, -0.15) is 0 Å². The second-order valence-corrected chi connectivity index (χ2v) is 3.62. The highest BCUT2D eigenvalue weighted by Gasteiger charge is 2.10. The molecule has 0 N–H and O–H groups in total. The van der Waals surface area contributed by atoms with Gasteiger partial charge in [0, 0.05) is 5.56 Å². The molecule has 0 aromatic carbocycles. The van der Waals surface area contributed by atoms with Crippen LogP contribution in [0.4, 0.5) is 0 Å². The summed E-state index contributed by atoms with van der Waals surface area (Å²) in [7, 11) is 0. The van der Waals surface area contributed by atoms with Crippen molar-refractivity contribution < 1.29 is 8.83 Å². The minimum absolute atomic E-state index is 0.238. The van der Waals surface area contributed by atoms with E-state index in [2.05, 4.69) is 0 Å². The van der Waals surface area contributed by atoms with Gasteiger partial charge in [-0.3, -0.25) is 0 Å². The van der Waals surface area contributed by atoms with E-state index in [9.17, 15) is 4.79 Å². The zero-order valence-electron chi connectivity index (χ0n) is 9.45. The first-order valence-electron chi connectivity index (χ1n) is 5.44. The van der Waals surface area contributed by atoms with E-state index in [4.69, 9.17) is 8.83 Å². The lowest BCUT2D eigenvalue weighted by atomic mass is 10.0. The quantitative estimate of drug-likeness (QED) is 0.795. The van der Waals surface area contributed by atoms with Gasteiger partial charge < -0.3 is 8.83 Å². The zero-order valence-corrected chi connectivity index (χ0v) is 9.45. The van der Waals surface area contributed by atoms with Crippen LogP contribution in [0.2, 0.25) is 0 Å². The molecule has 0 fully saturated rings. The summed E-state index contributed by atoms with van der Waals surface area (Å²) in [4.78, 5) is 11.7. The average Bonchev–Trinajstić information content (AvgIpc) is 2.81. The van der Waals surface area contributed by atoms with E-state index in [0.29, 0.717) is 12.2 Å². The van der Waals surface area contributed by atoms with Crippen molar-refractivity contribution in [3.63, 3.8) is 0 Å². The van der Waals surface area contributed by atoms with Gasteiger partial charge in [-0.1, -0.05) is 13.8 Å². The molecule has 3 heteroatoms. The van der Waals surface area contributed by atoms with Gasteiger partial charge in [0.25, 0.3) is 0 Å². The molecule has 0 bridgehead atoms. The van der Waals surface area contributed by atoms with Crippen LogP contribution in [0.5, 0.6) is 0 Å². The van der Waals surface area contributed by atoms with Crippen LogP contribution >= 0.6 is 0 Å². The fourth-order valence-corrected chi connectivity index (χ4v) is 1.80. The maximum atomic E-state index is 11.7. The average molecular weight is 218 g/mol. The monoisotopic (exact) mass is 218 g/mol. The number of hydrogen-bond acceptors (Lipinski definition) is 3. The van der Waals surface area contributed by atoms with E-state index in [-0.39, 0.29) is 5.63 Å². The van der Waals surface area contributed by atoms with Gasteiger partial charge >= 0.3 is 5.63 Å². The molecule has 16 heavy (non-hydrogen) atoms. The second-order valence-electron chi connectivity index (χ2n) is 3.62. The highest BCUT2D eigenvalue weighted by atomic mass is 16.4. The minimum atomic E-state index is -0.238. The van der Waals surface area contributed by atoms with Gasteiger partial charge in [0.05, 0.1) is 11.8 Å². The Kier molecular flexibility index (Phi) is 2.95. The molecule has 2 heterocycles. The van der Waals surface area contributed by atoms with Crippen LogP contribution in [0.25, 0.3) is 11.3 Å². The smallest absolute Gasteiger partial charge is 0.339 e. The SMILES string of the molecule is CCc1cc(-c2ccoc2)oc(=O)c1CC. The summed E-state index contributed by atoms with van der Waals surface area (Å²) in [6.45, 7) is 4.00. The predicted octanol–water partition coefficient (Wildman–Crippen LogP) is 3.02. The largest absolute Gasteiger partial charge is 0.472 e. The predicted molar refractivity (Wildman–Crippen MR) is 61.4 cm³/mol. The molecule has 0 saturated heterocycles. The Bertz CT molecular complexity index is 521. The molecule has 2 aromatic rings. The molecule has 0 spiro atoms. The highest BCUT2D eigenvalue weighted by Crippen LogP contribution is 2.21. The molecule has 3 nitrogen and oxygen atoms in total. The standard InChI is InChI=1S/C13H14O3/c1-3-9-7-12(10-5-6-15-8-10)16-13(14)11(9)4-2/h5-8H,3-4H2,1-2H3. The first-order chi connectivity index (χ1) is 7.76. The van der Waals surface area contributed by atoms with E-state index < -0.39 is 0 Å². The molecule has 0 unspecified atom stereocenters. The summed E-state index contributed by atoms with van der Waals surface area (Å²) in [5, 5.41) is 0. The Labute approximate surface area is 93.7 Å². The molecule has 2 aromatic heterocycles. The maximum absolute atomic E-state index is 11.7. The zero-order chi connectivity index (χ0) is 11.5. The number of rotatable bonds is 3. The third-order valence-corrected chi connectivity index (χ3v) is 2.68. The van der Waals surface area contributed by atoms with Gasteiger partial charge in [0.2, 0.25) is 0 Å². The Morgan fingerprint density at radius 3 is 2.62 bits per heavy atom. The summed E-state index contributed by atoms with van der Waals surface area (Å²) >= 11 is 0. The maximum Gasteiger partial charge on any atom is 0.339 e. The van der Waals surface area contributed by atoms with Gasteiger partial charge in [-0.25, -0.2) is 4.79 Å². The van der Waals surface area contributed by atoms with Crippen molar-refractivity contribution in [2.24, 2.45) is 0 Å². The Morgan fingerprint density at radius 2 is 2.06 bits per heavy atom. The van der Waals surface area contributed by atoms with Gasteiger partial charge in [0.15, 0.2) is 0 Å². The summed E-state index contributed by atoms with van der Waals surface area (Å²) in [6, 6.07) is 3.70. The van der Waals surface area contributed by atoms with E-state index in [1.807, 2.05) is 19.9 Å². The van der Waals surface area contributed by atoms with Crippen LogP contribution in [0, 0.1) is 0 Å². The lowest BCUT2D eigenvalue weighted by Gasteiger charge is -2.05. The van der Waals surface area contributed by atoms with Crippen LogP contribution in [0.15, 0.2) is 38.3 Å². The summed E-state index contributed by atoms with van der Waals surface area (Å²) in [6.07, 6.45) is 4.68. The molecule has 0 aliphatic rings. The van der Waals surface area contributed by atoms with E-state index >= 15 is 0 Å². The molecule has 0 atom stereocenters. The van der Waals surface area contributed by atoms with Crippen molar-refractivity contribution >= 4 is 0 Å². The fraction of sp³-hybridized carbons (Fsp3) is 0.308. The lowest BCUT2D eigenvalue weighted by Crippen LogP contribution is -2.10. The van der Waals surface area contributed by atoms with E-state index in [1.54, 1.807) is 18.6 Å². The third kappa shape index (κ3) is 1.81. The van der Waals surface area contributed by atoms with E-state index in [0.717, 1.165) is 23.1 Å². The number of aryl methyl sites for hydroxylation is 1. The molecule has 0 radical (unpaired) electrons. The summed E-state index contributed by atoms with van der Waals surface area (Å²) in [5.74, 6) is 0.577. The molecule has 2 rings (SSSR count). The van der Waals surface area contributed by atoms with Gasteiger partial charge in [-0.15, -0.1) is 0 Å². The molecular weight excluding hydrogens is 204 g/mol. The molecule has 0 saturated carbocycles. The van der Waals surface area contributed by atoms with Gasteiger partial charge in [-0.05, 0) is 30.5 Å². The molecule has 84 valence electrons. The van der Waals surface area contributed by atoms with Crippen molar-refractivity contribution in [1.82, 2.24) is 0 Å². The minimum Gasteiger partial charge on any atom is -0.472 e. The van der Waals surface area contributed by atoms with Crippen LogP contribution in [0.3, 0.4) is 0 Å². The van der Waals surface area contributed by atoms with Crippen molar-refractivity contribution in [2.45, 2.75) is 26.7 Å². The van der Waals surface area contributed by atoms with Crippen LogP contribution in [-0.2, 0) is 12.8 Å². The van der Waals surface area contributed by atoms with Crippen molar-refractivity contribution in [2.75, 3.05) is 0 Å². The van der Waals surface area contributed by atoms with E-state index in [1.165, 1.54) is 0 Å². The topological polar surface area (TPSA) is 43.4 Å². The Morgan fingerprint density at radius 1 is 1.25 bits per heavy atom. The second kappa shape index (κ2) is 4.39. The Hall–Kier alpha value is -1.77. The van der Waals surface area contributed by atoms with Crippen LogP contribution in [-0.4, -0.2) is 0 Å². The Balaban J connectivity index is 2.59. The lowest BCUT2D eigenvalue weighted by molar-refractivity contribution is 0.511.